The van der Waals surface area contributed by atoms with Crippen LogP contribution in [0.5, 0.6) is 0 Å². The van der Waals surface area contributed by atoms with E-state index >= 15 is 0 Å². The first-order valence-electron chi connectivity index (χ1n) is 10.0. The standard InChI is InChI=1S/C21H29FN2O3/c1-4-24(11-7-6-8-12-24)21(9-10-21)20(26)23-18-15(3)13-16(22)14-17(18)19(25)27-5-2/h13-14H,4-12H2,1-3H3/p+1. The first kappa shape index (κ1) is 19.8. The van der Waals surface area contributed by atoms with E-state index in [-0.39, 0.29) is 18.1 Å². The van der Waals surface area contributed by atoms with Crippen LogP contribution in [0.2, 0.25) is 0 Å². The minimum absolute atomic E-state index is 0.0495. The van der Waals surface area contributed by atoms with Crippen molar-refractivity contribution in [2.45, 2.75) is 58.4 Å². The molecule has 0 unspecified atom stereocenters. The average molecular weight is 377 g/mol. The molecule has 6 heteroatoms. The lowest BCUT2D eigenvalue weighted by Crippen LogP contribution is -2.64. The first-order chi connectivity index (χ1) is 12.9. The van der Waals surface area contributed by atoms with Gasteiger partial charge < -0.3 is 14.5 Å². The number of piperidine rings is 1. The van der Waals surface area contributed by atoms with Gasteiger partial charge in [0, 0.05) is 12.8 Å². The molecule has 2 aliphatic rings. The minimum Gasteiger partial charge on any atom is -0.462 e. The number of ether oxygens (including phenoxy) is 1. The quantitative estimate of drug-likeness (QED) is 0.606. The fraction of sp³-hybridized carbons (Fsp3) is 0.619. The van der Waals surface area contributed by atoms with Crippen molar-refractivity contribution >= 4 is 17.6 Å². The molecule has 0 spiro atoms. The number of esters is 1. The number of rotatable bonds is 6. The van der Waals surface area contributed by atoms with Crippen LogP contribution < -0.4 is 5.32 Å². The number of carbonyl (C=O) groups is 2. The van der Waals surface area contributed by atoms with Crippen LogP contribution in [0.3, 0.4) is 0 Å². The van der Waals surface area contributed by atoms with E-state index in [1.54, 1.807) is 13.8 Å². The van der Waals surface area contributed by atoms with E-state index in [1.807, 2.05) is 0 Å². The lowest BCUT2D eigenvalue weighted by Gasteiger charge is -2.46. The monoisotopic (exact) mass is 377 g/mol. The second-order valence-electron chi connectivity index (χ2n) is 7.82. The maximum Gasteiger partial charge on any atom is 0.340 e. The summed E-state index contributed by atoms with van der Waals surface area (Å²) in [5.41, 5.74) is 0.573. The van der Waals surface area contributed by atoms with Gasteiger partial charge in [0.2, 0.25) is 0 Å². The molecule has 3 rings (SSSR count). The molecule has 1 aromatic carbocycles. The van der Waals surface area contributed by atoms with Crippen molar-refractivity contribution in [2.75, 3.05) is 31.6 Å². The fourth-order valence-corrected chi connectivity index (χ4v) is 4.71. The topological polar surface area (TPSA) is 55.4 Å². The third-order valence-electron chi connectivity index (χ3n) is 6.37. The number of nitrogens with one attached hydrogen (secondary N) is 1. The second-order valence-corrected chi connectivity index (χ2v) is 7.82. The summed E-state index contributed by atoms with van der Waals surface area (Å²) in [7, 11) is 0. The molecular weight excluding hydrogens is 347 g/mol. The van der Waals surface area contributed by atoms with Crippen molar-refractivity contribution in [3.63, 3.8) is 0 Å². The molecule has 1 N–H and O–H groups in total. The number of likely N-dealkylation sites (tertiary alicyclic amines) is 1. The van der Waals surface area contributed by atoms with Gasteiger partial charge in [-0.25, -0.2) is 9.18 Å². The molecule has 1 aliphatic carbocycles. The molecule has 1 amide bonds. The summed E-state index contributed by atoms with van der Waals surface area (Å²) in [5.74, 6) is -1.17. The zero-order valence-corrected chi connectivity index (χ0v) is 16.6. The number of amides is 1. The highest BCUT2D eigenvalue weighted by Crippen LogP contribution is 2.49. The van der Waals surface area contributed by atoms with Gasteiger partial charge in [0.25, 0.3) is 5.91 Å². The van der Waals surface area contributed by atoms with Crippen LogP contribution in [0.15, 0.2) is 12.1 Å². The highest BCUT2D eigenvalue weighted by molar-refractivity contribution is 6.05. The SMILES string of the molecule is CCOC(=O)c1cc(F)cc(C)c1NC(=O)C1([N+]2(CC)CCCCC2)CC1. The summed E-state index contributed by atoms with van der Waals surface area (Å²) in [4.78, 5) is 25.7. The Labute approximate surface area is 160 Å². The molecule has 0 radical (unpaired) electrons. The maximum absolute atomic E-state index is 13.9. The molecule has 5 nitrogen and oxygen atoms in total. The number of likely N-dealkylation sites (N-methyl/N-ethyl adjacent to an activating group) is 1. The van der Waals surface area contributed by atoms with Crippen LogP contribution in [-0.2, 0) is 9.53 Å². The molecule has 1 heterocycles. The van der Waals surface area contributed by atoms with E-state index in [1.165, 1.54) is 12.5 Å². The summed E-state index contributed by atoms with van der Waals surface area (Å²) in [6.07, 6.45) is 5.24. The molecule has 0 bridgehead atoms. The van der Waals surface area contributed by atoms with Crippen molar-refractivity contribution in [3.05, 3.63) is 29.1 Å². The van der Waals surface area contributed by atoms with Gasteiger partial charge in [0.15, 0.2) is 5.54 Å². The third-order valence-corrected chi connectivity index (χ3v) is 6.37. The van der Waals surface area contributed by atoms with Gasteiger partial charge in [-0.3, -0.25) is 4.79 Å². The van der Waals surface area contributed by atoms with Crippen LogP contribution in [0.4, 0.5) is 10.1 Å². The number of carbonyl (C=O) groups excluding carboxylic acids is 2. The summed E-state index contributed by atoms with van der Waals surface area (Å²) < 4.78 is 19.8. The number of quaternary nitrogens is 1. The average Bonchev–Trinajstić information content (AvgIpc) is 3.46. The molecule has 1 saturated heterocycles. The minimum atomic E-state index is -0.613. The van der Waals surface area contributed by atoms with Gasteiger partial charge in [-0.1, -0.05) is 0 Å². The van der Waals surface area contributed by atoms with Gasteiger partial charge in [-0.2, -0.15) is 0 Å². The van der Waals surface area contributed by atoms with E-state index in [0.717, 1.165) is 55.9 Å². The fourth-order valence-electron chi connectivity index (χ4n) is 4.71. The van der Waals surface area contributed by atoms with E-state index in [9.17, 15) is 14.0 Å². The van der Waals surface area contributed by atoms with Crippen molar-refractivity contribution < 1.29 is 23.2 Å². The lowest BCUT2D eigenvalue weighted by molar-refractivity contribution is -0.955. The molecule has 2 fully saturated rings. The summed E-state index contributed by atoms with van der Waals surface area (Å²) in [5, 5.41) is 2.98. The number of aryl methyl sites for hydroxylation is 1. The van der Waals surface area contributed by atoms with E-state index in [2.05, 4.69) is 12.2 Å². The predicted molar refractivity (Wildman–Crippen MR) is 102 cm³/mol. The molecule has 1 aromatic rings. The van der Waals surface area contributed by atoms with Crippen LogP contribution in [0, 0.1) is 12.7 Å². The van der Waals surface area contributed by atoms with Crippen molar-refractivity contribution in [2.24, 2.45) is 0 Å². The number of hydrogen-bond acceptors (Lipinski definition) is 3. The largest absolute Gasteiger partial charge is 0.462 e. The molecule has 27 heavy (non-hydrogen) atoms. The Balaban J connectivity index is 1.91. The highest BCUT2D eigenvalue weighted by atomic mass is 19.1. The molecule has 1 saturated carbocycles. The van der Waals surface area contributed by atoms with Gasteiger partial charge in [-0.05, 0) is 57.7 Å². The Morgan fingerprint density at radius 1 is 1.19 bits per heavy atom. The van der Waals surface area contributed by atoms with Crippen LogP contribution in [-0.4, -0.2) is 48.1 Å². The number of halogens is 1. The summed E-state index contributed by atoms with van der Waals surface area (Å²) >= 11 is 0. The van der Waals surface area contributed by atoms with Crippen LogP contribution in [0.25, 0.3) is 0 Å². The normalized spacial score (nSPS) is 20.0. The van der Waals surface area contributed by atoms with Crippen molar-refractivity contribution in [3.8, 4) is 0 Å². The van der Waals surface area contributed by atoms with Crippen LogP contribution in [0.1, 0.15) is 61.9 Å². The molecule has 0 atom stereocenters. The number of nitrogens with zero attached hydrogens (tertiary/aromatic N) is 1. The van der Waals surface area contributed by atoms with E-state index < -0.39 is 17.3 Å². The number of hydrogen-bond donors (Lipinski definition) is 1. The van der Waals surface area contributed by atoms with Crippen LogP contribution >= 0.6 is 0 Å². The maximum atomic E-state index is 13.9. The van der Waals surface area contributed by atoms with E-state index in [4.69, 9.17) is 4.74 Å². The second kappa shape index (κ2) is 7.58. The smallest absolute Gasteiger partial charge is 0.340 e. The molecule has 1 aliphatic heterocycles. The highest BCUT2D eigenvalue weighted by Gasteiger charge is 2.65. The van der Waals surface area contributed by atoms with Crippen molar-refractivity contribution in [1.82, 2.24) is 0 Å². The molecule has 148 valence electrons. The first-order valence-corrected chi connectivity index (χ1v) is 10.0. The third kappa shape index (κ3) is 3.47. The van der Waals surface area contributed by atoms with Gasteiger partial charge in [-0.15, -0.1) is 0 Å². The Hall–Kier alpha value is -1.95. The van der Waals surface area contributed by atoms with Crippen molar-refractivity contribution in [1.29, 1.82) is 0 Å². The Bertz CT molecular complexity index is 737. The predicted octanol–water partition coefficient (Wildman–Crippen LogP) is 3.80. The zero-order valence-electron chi connectivity index (χ0n) is 16.6. The molecule has 0 aromatic heterocycles. The molecular formula is C21H30FN2O3+. The summed E-state index contributed by atoms with van der Waals surface area (Å²) in [6, 6.07) is 2.48. The summed E-state index contributed by atoms with van der Waals surface area (Å²) in [6.45, 7) is 8.74. The Morgan fingerprint density at radius 3 is 2.41 bits per heavy atom. The van der Waals surface area contributed by atoms with Gasteiger partial charge >= 0.3 is 5.97 Å². The van der Waals surface area contributed by atoms with Gasteiger partial charge in [0.05, 0.1) is 37.5 Å². The number of benzene rings is 1. The number of anilines is 1. The Kier molecular flexibility index (Phi) is 5.56. The Morgan fingerprint density at radius 2 is 1.85 bits per heavy atom. The zero-order chi connectivity index (χ0) is 19.7. The lowest BCUT2D eigenvalue weighted by atomic mass is 10.00. The van der Waals surface area contributed by atoms with E-state index in [0.29, 0.717) is 11.3 Å². The van der Waals surface area contributed by atoms with Gasteiger partial charge in [0.1, 0.15) is 5.82 Å².